The van der Waals surface area contributed by atoms with Gasteiger partial charge in [0.1, 0.15) is 6.04 Å². The molecule has 0 bridgehead atoms. The summed E-state index contributed by atoms with van der Waals surface area (Å²) in [4.78, 5) is 62.6. The van der Waals surface area contributed by atoms with E-state index in [0.717, 1.165) is 11.1 Å². The normalized spacial score (nSPS) is 19.2. The van der Waals surface area contributed by atoms with E-state index in [2.05, 4.69) is 15.3 Å². The van der Waals surface area contributed by atoms with E-state index in [1.54, 1.807) is 58.7 Å². The smallest absolute Gasteiger partial charge is 0.251 e. The number of pyridine rings is 1. The quantitative estimate of drug-likeness (QED) is 0.451. The van der Waals surface area contributed by atoms with Crippen LogP contribution < -0.4 is 5.32 Å². The van der Waals surface area contributed by atoms with E-state index in [1.807, 2.05) is 13.0 Å². The third-order valence-corrected chi connectivity index (χ3v) is 7.45. The summed E-state index contributed by atoms with van der Waals surface area (Å²) in [6.45, 7) is 2.89. The van der Waals surface area contributed by atoms with E-state index >= 15 is 0 Å². The second kappa shape index (κ2) is 11.6. The predicted molar refractivity (Wildman–Crippen MR) is 141 cm³/mol. The molecule has 1 aromatic carbocycles. The highest BCUT2D eigenvalue weighted by Crippen LogP contribution is 2.31. The number of carbonyl (C=O) groups is 4. The van der Waals surface area contributed by atoms with Gasteiger partial charge in [0.05, 0.1) is 25.2 Å². The lowest BCUT2D eigenvalue weighted by Crippen LogP contribution is -2.44. The first-order chi connectivity index (χ1) is 18.9. The zero-order valence-corrected chi connectivity index (χ0v) is 21.8. The SMILES string of the molecule is CC(CCNC(=O)c1ccc(-c2cnco2)cc1)CC(=O)N1CCC2C1C(=O)CN2C(=O)Cc1cccnc1. The van der Waals surface area contributed by atoms with Gasteiger partial charge in [0, 0.05) is 43.0 Å². The molecule has 0 spiro atoms. The first-order valence-corrected chi connectivity index (χ1v) is 13.2. The van der Waals surface area contributed by atoms with Crippen molar-refractivity contribution in [3.05, 3.63) is 72.5 Å². The molecule has 4 heterocycles. The molecule has 0 aliphatic carbocycles. The Labute approximate surface area is 226 Å². The van der Waals surface area contributed by atoms with Gasteiger partial charge in [-0.3, -0.25) is 24.2 Å². The Morgan fingerprint density at radius 2 is 1.90 bits per heavy atom. The number of fused-ring (bicyclic) bond motifs is 1. The Hall–Kier alpha value is -4.34. The molecule has 0 radical (unpaired) electrons. The molecule has 2 aromatic heterocycles. The van der Waals surface area contributed by atoms with Gasteiger partial charge in [-0.2, -0.15) is 0 Å². The molecule has 10 heteroatoms. The zero-order valence-electron chi connectivity index (χ0n) is 21.8. The fourth-order valence-corrected chi connectivity index (χ4v) is 5.40. The molecular weight excluding hydrogens is 498 g/mol. The van der Waals surface area contributed by atoms with Gasteiger partial charge in [0.15, 0.2) is 17.9 Å². The maximum absolute atomic E-state index is 13.1. The topological polar surface area (TPSA) is 126 Å². The Morgan fingerprint density at radius 1 is 1.08 bits per heavy atom. The number of amides is 3. The highest BCUT2D eigenvalue weighted by molar-refractivity contribution is 5.98. The number of Topliss-reactive ketones (excluding diaryl/α,β-unsaturated/α-hetero) is 1. The second-order valence-corrected chi connectivity index (χ2v) is 10.2. The van der Waals surface area contributed by atoms with E-state index in [9.17, 15) is 19.2 Å². The minimum Gasteiger partial charge on any atom is -0.444 e. The van der Waals surface area contributed by atoms with Crippen LogP contribution in [0.25, 0.3) is 11.3 Å². The highest BCUT2D eigenvalue weighted by Gasteiger charge is 2.51. The minimum absolute atomic E-state index is 0.0190. The number of hydrogen-bond donors (Lipinski definition) is 1. The molecule has 2 aliphatic rings. The van der Waals surface area contributed by atoms with Crippen molar-refractivity contribution in [1.29, 1.82) is 0 Å². The van der Waals surface area contributed by atoms with Crippen LogP contribution in [0.5, 0.6) is 0 Å². The minimum atomic E-state index is -0.567. The van der Waals surface area contributed by atoms with Gasteiger partial charge in [-0.05, 0) is 42.5 Å². The molecule has 2 aliphatic heterocycles. The van der Waals surface area contributed by atoms with Crippen LogP contribution in [0.3, 0.4) is 0 Å². The van der Waals surface area contributed by atoms with Crippen LogP contribution in [0.1, 0.15) is 42.1 Å². The maximum Gasteiger partial charge on any atom is 0.251 e. The van der Waals surface area contributed by atoms with Crippen molar-refractivity contribution >= 4 is 23.5 Å². The molecule has 202 valence electrons. The van der Waals surface area contributed by atoms with Crippen molar-refractivity contribution in [2.24, 2.45) is 5.92 Å². The fourth-order valence-electron chi connectivity index (χ4n) is 5.40. The Bertz CT molecular complexity index is 1330. The molecule has 2 fully saturated rings. The van der Waals surface area contributed by atoms with Crippen LogP contribution in [0.15, 0.2) is 65.8 Å². The van der Waals surface area contributed by atoms with Gasteiger partial charge in [-0.25, -0.2) is 4.98 Å². The number of carbonyl (C=O) groups excluding carboxylic acids is 4. The van der Waals surface area contributed by atoms with Crippen LogP contribution in [0, 0.1) is 5.92 Å². The van der Waals surface area contributed by atoms with Crippen molar-refractivity contribution in [1.82, 2.24) is 25.1 Å². The molecule has 3 amide bonds. The predicted octanol–water partition coefficient (Wildman–Crippen LogP) is 2.51. The lowest BCUT2D eigenvalue weighted by molar-refractivity contribution is -0.137. The van der Waals surface area contributed by atoms with E-state index in [1.165, 1.54) is 6.39 Å². The number of aromatic nitrogens is 2. The Balaban J connectivity index is 1.08. The summed E-state index contributed by atoms with van der Waals surface area (Å²) in [7, 11) is 0. The van der Waals surface area contributed by atoms with Gasteiger partial charge in [-0.15, -0.1) is 0 Å². The summed E-state index contributed by atoms with van der Waals surface area (Å²) >= 11 is 0. The molecule has 3 atom stereocenters. The van der Waals surface area contributed by atoms with Crippen LogP contribution in [0.2, 0.25) is 0 Å². The summed E-state index contributed by atoms with van der Waals surface area (Å²) < 4.78 is 5.27. The van der Waals surface area contributed by atoms with Crippen LogP contribution in [-0.2, 0) is 20.8 Å². The van der Waals surface area contributed by atoms with Crippen molar-refractivity contribution < 1.29 is 23.6 Å². The van der Waals surface area contributed by atoms with E-state index in [-0.39, 0.29) is 54.9 Å². The molecule has 5 rings (SSSR count). The average molecular weight is 530 g/mol. The van der Waals surface area contributed by atoms with E-state index in [0.29, 0.717) is 37.3 Å². The number of hydrogen-bond acceptors (Lipinski definition) is 7. The average Bonchev–Trinajstić information content (AvgIpc) is 3.68. The molecule has 0 saturated carbocycles. The van der Waals surface area contributed by atoms with E-state index < -0.39 is 6.04 Å². The highest BCUT2D eigenvalue weighted by atomic mass is 16.3. The first-order valence-electron chi connectivity index (χ1n) is 13.2. The lowest BCUT2D eigenvalue weighted by atomic mass is 10.0. The molecule has 3 aromatic rings. The molecule has 10 nitrogen and oxygen atoms in total. The molecular formula is C29H31N5O5. The van der Waals surface area contributed by atoms with Crippen molar-refractivity contribution in [2.75, 3.05) is 19.6 Å². The monoisotopic (exact) mass is 529 g/mol. The third-order valence-electron chi connectivity index (χ3n) is 7.45. The van der Waals surface area contributed by atoms with E-state index in [4.69, 9.17) is 4.42 Å². The third kappa shape index (κ3) is 5.89. The van der Waals surface area contributed by atoms with Crippen molar-refractivity contribution in [3.8, 4) is 11.3 Å². The summed E-state index contributed by atoms with van der Waals surface area (Å²) in [6, 6.07) is 9.85. The van der Waals surface area contributed by atoms with Gasteiger partial charge < -0.3 is 19.5 Å². The number of nitrogens with one attached hydrogen (secondary N) is 1. The van der Waals surface area contributed by atoms with Crippen LogP contribution in [-0.4, -0.2) is 75.0 Å². The Kier molecular flexibility index (Phi) is 7.81. The molecule has 2 saturated heterocycles. The summed E-state index contributed by atoms with van der Waals surface area (Å²) in [6.07, 6.45) is 7.96. The van der Waals surface area contributed by atoms with Crippen LogP contribution >= 0.6 is 0 Å². The number of rotatable bonds is 9. The number of nitrogens with zero attached hydrogens (tertiary/aromatic N) is 4. The van der Waals surface area contributed by atoms with Gasteiger partial charge in [0.25, 0.3) is 5.91 Å². The zero-order chi connectivity index (χ0) is 27.4. The second-order valence-electron chi connectivity index (χ2n) is 10.2. The van der Waals surface area contributed by atoms with Gasteiger partial charge in [0.2, 0.25) is 11.8 Å². The standard InChI is InChI=1S/C29H31N5O5/c1-19(8-11-32-29(38)22-6-4-21(5-7-22)25-16-31-18-39-25)13-26(36)33-12-9-23-28(33)24(35)17-34(23)27(37)14-20-3-2-10-30-15-20/h2-7,10,15-16,18-19,23,28H,8-9,11-14,17H2,1H3,(H,32,38). The number of benzene rings is 1. The summed E-state index contributed by atoms with van der Waals surface area (Å²) in [5, 5.41) is 2.91. The molecule has 1 N–H and O–H groups in total. The number of ketones is 1. The van der Waals surface area contributed by atoms with Crippen molar-refractivity contribution in [3.63, 3.8) is 0 Å². The van der Waals surface area contributed by atoms with Crippen molar-refractivity contribution in [2.45, 2.75) is 44.7 Å². The summed E-state index contributed by atoms with van der Waals surface area (Å²) in [5.41, 5.74) is 2.17. The lowest BCUT2D eigenvalue weighted by Gasteiger charge is -2.25. The summed E-state index contributed by atoms with van der Waals surface area (Å²) in [5.74, 6) is 0.181. The number of likely N-dealkylation sites (tertiary alicyclic amines) is 2. The van der Waals surface area contributed by atoms with Crippen LogP contribution in [0.4, 0.5) is 0 Å². The maximum atomic E-state index is 13.1. The Morgan fingerprint density at radius 3 is 2.62 bits per heavy atom. The number of oxazole rings is 1. The molecule has 3 unspecified atom stereocenters. The fraction of sp³-hybridized carbons (Fsp3) is 0.379. The first kappa shape index (κ1) is 26.3. The molecule has 39 heavy (non-hydrogen) atoms. The van der Waals surface area contributed by atoms with Gasteiger partial charge in [-0.1, -0.05) is 25.1 Å². The largest absolute Gasteiger partial charge is 0.444 e. The van der Waals surface area contributed by atoms with Gasteiger partial charge >= 0.3 is 0 Å².